The lowest BCUT2D eigenvalue weighted by Gasteiger charge is -2.35. The maximum Gasteiger partial charge on any atom is 0.410 e. The highest BCUT2D eigenvalue weighted by Gasteiger charge is 2.26. The molecule has 0 unspecified atom stereocenters. The highest BCUT2D eigenvalue weighted by atomic mass is 16.6. The summed E-state index contributed by atoms with van der Waals surface area (Å²) < 4.78 is 13.8. The van der Waals surface area contributed by atoms with Crippen molar-refractivity contribution in [2.45, 2.75) is 66.7 Å². The summed E-state index contributed by atoms with van der Waals surface area (Å²) in [6.07, 6.45) is 6.14. The van der Waals surface area contributed by atoms with Crippen molar-refractivity contribution in [3.63, 3.8) is 0 Å². The molecule has 224 valence electrons. The molecule has 1 aliphatic rings. The number of ether oxygens (including phenoxy) is 2. The largest absolute Gasteiger partial charge is 0.490 e. The van der Waals surface area contributed by atoms with Crippen molar-refractivity contribution in [1.82, 2.24) is 34.5 Å². The van der Waals surface area contributed by atoms with Gasteiger partial charge in [0.2, 0.25) is 0 Å². The standard InChI is InChI=1S/C32H43N7O3/c1-7-39-20-24(18-34-39)26-8-9-27-29(30(26)41-21-22(2)3)36-28(35-27)17-25-16-23(10-11-33-25)19-37-12-14-38(15-13-37)31(40)42-32(4,5)6/h8-11,16,18,20,22H,7,12-15,17,19,21H2,1-6H3,(H,35,36). The van der Waals surface area contributed by atoms with Crippen molar-refractivity contribution >= 4 is 17.1 Å². The summed E-state index contributed by atoms with van der Waals surface area (Å²) in [5, 5.41) is 4.46. The van der Waals surface area contributed by atoms with E-state index in [0.717, 1.165) is 65.6 Å². The van der Waals surface area contributed by atoms with Crippen LogP contribution in [-0.4, -0.2) is 79.0 Å². The van der Waals surface area contributed by atoms with Gasteiger partial charge in [-0.2, -0.15) is 5.10 Å². The van der Waals surface area contributed by atoms with Crippen LogP contribution in [-0.2, 0) is 24.2 Å². The summed E-state index contributed by atoms with van der Waals surface area (Å²) in [6.45, 7) is 17.2. The molecule has 1 aliphatic heterocycles. The molecule has 3 aromatic heterocycles. The van der Waals surface area contributed by atoms with Crippen molar-refractivity contribution in [2.24, 2.45) is 5.92 Å². The molecule has 10 nitrogen and oxygen atoms in total. The van der Waals surface area contributed by atoms with E-state index >= 15 is 0 Å². The van der Waals surface area contributed by atoms with Crippen LogP contribution in [0, 0.1) is 5.92 Å². The fraction of sp³-hybridized carbons (Fsp3) is 0.500. The summed E-state index contributed by atoms with van der Waals surface area (Å²) in [5.74, 6) is 2.01. The van der Waals surface area contributed by atoms with Crippen molar-refractivity contribution < 1.29 is 14.3 Å². The number of aryl methyl sites for hydroxylation is 1. The maximum absolute atomic E-state index is 12.4. The minimum atomic E-state index is -0.481. The Morgan fingerprint density at radius 1 is 1.12 bits per heavy atom. The van der Waals surface area contributed by atoms with Gasteiger partial charge in [-0.3, -0.25) is 14.6 Å². The molecule has 42 heavy (non-hydrogen) atoms. The molecule has 0 bridgehead atoms. The van der Waals surface area contributed by atoms with E-state index in [2.05, 4.69) is 65.0 Å². The topological polar surface area (TPSA) is 101 Å². The van der Waals surface area contributed by atoms with E-state index in [0.29, 0.717) is 32.0 Å². The Labute approximate surface area is 248 Å². The second kappa shape index (κ2) is 12.5. The van der Waals surface area contributed by atoms with Gasteiger partial charge in [-0.25, -0.2) is 9.78 Å². The van der Waals surface area contributed by atoms with Gasteiger partial charge in [0.15, 0.2) is 5.75 Å². The van der Waals surface area contributed by atoms with Gasteiger partial charge in [0.1, 0.15) is 16.9 Å². The van der Waals surface area contributed by atoms with Gasteiger partial charge in [-0.05, 0) is 63.4 Å². The number of pyridine rings is 1. The molecule has 0 saturated carbocycles. The second-order valence-corrected chi connectivity index (χ2v) is 12.4. The molecule has 1 N–H and O–H groups in total. The van der Waals surface area contributed by atoms with Gasteiger partial charge < -0.3 is 19.4 Å². The molecule has 0 radical (unpaired) electrons. The number of amides is 1. The Balaban J connectivity index is 1.29. The average Bonchev–Trinajstić information content (AvgIpc) is 3.58. The molecule has 0 atom stereocenters. The van der Waals surface area contributed by atoms with Crippen molar-refractivity contribution in [3.8, 4) is 16.9 Å². The maximum atomic E-state index is 12.4. The number of hydrogen-bond acceptors (Lipinski definition) is 7. The van der Waals surface area contributed by atoms with Crippen LogP contribution in [0.2, 0.25) is 0 Å². The predicted octanol–water partition coefficient (Wildman–Crippen LogP) is 5.52. The van der Waals surface area contributed by atoms with Crippen molar-refractivity contribution in [1.29, 1.82) is 0 Å². The molecule has 1 aromatic carbocycles. The SMILES string of the molecule is CCn1cc(-c2ccc3[nH]c(Cc4cc(CN5CCN(C(=O)OC(C)(C)C)CC5)ccn4)nc3c2OCC(C)C)cn1. The minimum absolute atomic E-state index is 0.236. The van der Waals surface area contributed by atoms with Gasteiger partial charge in [0.05, 0.1) is 18.3 Å². The van der Waals surface area contributed by atoms with E-state index in [9.17, 15) is 4.79 Å². The molecule has 1 fully saturated rings. The first-order chi connectivity index (χ1) is 20.1. The quantitative estimate of drug-likeness (QED) is 0.281. The summed E-state index contributed by atoms with van der Waals surface area (Å²) >= 11 is 0. The van der Waals surface area contributed by atoms with Crippen LogP contribution in [0.4, 0.5) is 4.79 Å². The van der Waals surface area contributed by atoms with E-state index < -0.39 is 5.60 Å². The lowest BCUT2D eigenvalue weighted by Crippen LogP contribution is -2.49. The molecule has 0 aliphatic carbocycles. The molecule has 4 aromatic rings. The van der Waals surface area contributed by atoms with E-state index in [1.807, 2.05) is 44.0 Å². The molecular weight excluding hydrogens is 530 g/mol. The van der Waals surface area contributed by atoms with Crippen LogP contribution < -0.4 is 4.74 Å². The lowest BCUT2D eigenvalue weighted by molar-refractivity contribution is 0.0139. The Bertz CT molecular complexity index is 1510. The number of nitrogens with zero attached hydrogens (tertiary/aromatic N) is 6. The Kier molecular flexibility index (Phi) is 8.82. The molecule has 1 saturated heterocycles. The van der Waals surface area contributed by atoms with Gasteiger partial charge in [-0.1, -0.05) is 13.8 Å². The molecular formula is C32H43N7O3. The molecule has 5 rings (SSSR count). The third-order valence-corrected chi connectivity index (χ3v) is 7.15. The first kappa shape index (κ1) is 29.6. The van der Waals surface area contributed by atoms with Gasteiger partial charge in [0.25, 0.3) is 0 Å². The fourth-order valence-electron chi connectivity index (χ4n) is 5.05. The summed E-state index contributed by atoms with van der Waals surface area (Å²) in [6, 6.07) is 8.35. The summed E-state index contributed by atoms with van der Waals surface area (Å²) in [7, 11) is 0. The third kappa shape index (κ3) is 7.28. The molecule has 4 heterocycles. The second-order valence-electron chi connectivity index (χ2n) is 12.4. The van der Waals surface area contributed by atoms with Gasteiger partial charge in [0, 0.05) is 74.9 Å². The normalized spacial score (nSPS) is 14.6. The summed E-state index contributed by atoms with van der Waals surface area (Å²) in [5.41, 5.74) is 5.44. The number of imidazole rings is 1. The number of rotatable bonds is 9. The third-order valence-electron chi connectivity index (χ3n) is 7.15. The number of benzene rings is 1. The molecule has 10 heteroatoms. The van der Waals surface area contributed by atoms with E-state index in [-0.39, 0.29) is 6.09 Å². The Hall–Kier alpha value is -3.92. The van der Waals surface area contributed by atoms with Crippen LogP contribution in [0.15, 0.2) is 42.9 Å². The van der Waals surface area contributed by atoms with Gasteiger partial charge in [-0.15, -0.1) is 0 Å². The van der Waals surface area contributed by atoms with Gasteiger partial charge >= 0.3 is 6.09 Å². The summed E-state index contributed by atoms with van der Waals surface area (Å²) in [4.78, 5) is 29.7. The predicted molar refractivity (Wildman–Crippen MR) is 163 cm³/mol. The highest BCUT2D eigenvalue weighted by Crippen LogP contribution is 2.36. The highest BCUT2D eigenvalue weighted by molar-refractivity contribution is 5.90. The number of nitrogens with one attached hydrogen (secondary N) is 1. The van der Waals surface area contributed by atoms with Crippen LogP contribution in [0.25, 0.3) is 22.2 Å². The zero-order valence-corrected chi connectivity index (χ0v) is 25.7. The smallest absolute Gasteiger partial charge is 0.410 e. The number of carbonyl (C=O) groups excluding carboxylic acids is 1. The van der Waals surface area contributed by atoms with E-state index in [1.165, 1.54) is 5.56 Å². The van der Waals surface area contributed by atoms with Crippen LogP contribution in [0.1, 0.15) is 58.6 Å². The first-order valence-electron chi connectivity index (χ1n) is 14.9. The van der Waals surface area contributed by atoms with Crippen LogP contribution in [0.3, 0.4) is 0 Å². The number of fused-ring (bicyclic) bond motifs is 1. The minimum Gasteiger partial charge on any atom is -0.490 e. The number of aromatic nitrogens is 5. The number of aromatic amines is 1. The average molecular weight is 574 g/mol. The fourth-order valence-corrected chi connectivity index (χ4v) is 5.05. The number of piperazine rings is 1. The van der Waals surface area contributed by atoms with Crippen LogP contribution in [0.5, 0.6) is 5.75 Å². The van der Waals surface area contributed by atoms with Crippen molar-refractivity contribution in [2.75, 3.05) is 32.8 Å². The molecule has 0 spiro atoms. The number of hydrogen-bond donors (Lipinski definition) is 1. The zero-order chi connectivity index (χ0) is 29.9. The van der Waals surface area contributed by atoms with Crippen LogP contribution >= 0.6 is 0 Å². The molecule has 1 amide bonds. The Morgan fingerprint density at radius 2 is 1.90 bits per heavy atom. The number of H-pyrrole nitrogens is 1. The van der Waals surface area contributed by atoms with Crippen molar-refractivity contribution in [3.05, 3.63) is 59.9 Å². The van der Waals surface area contributed by atoms with E-state index in [4.69, 9.17) is 14.5 Å². The zero-order valence-electron chi connectivity index (χ0n) is 25.7. The number of carbonyl (C=O) groups is 1. The monoisotopic (exact) mass is 573 g/mol. The van der Waals surface area contributed by atoms with E-state index in [1.54, 1.807) is 4.90 Å². The lowest BCUT2D eigenvalue weighted by atomic mass is 10.1. The Morgan fingerprint density at radius 3 is 2.60 bits per heavy atom. The first-order valence-corrected chi connectivity index (χ1v) is 14.9.